The molecule has 1 aliphatic rings. The molecule has 0 aromatic heterocycles. The maximum absolute atomic E-state index is 13.7. The number of aliphatic hydroxyl groups excluding tert-OH is 1. The van der Waals surface area contributed by atoms with Gasteiger partial charge in [-0.2, -0.15) is 23.5 Å². The van der Waals surface area contributed by atoms with E-state index in [1.807, 2.05) is 11.8 Å². The van der Waals surface area contributed by atoms with Crippen molar-refractivity contribution in [1.29, 1.82) is 0 Å². The summed E-state index contributed by atoms with van der Waals surface area (Å²) in [4.78, 5) is 0. The first-order valence-electron chi connectivity index (χ1n) is 5.46. The molecule has 17 heavy (non-hydrogen) atoms. The Labute approximate surface area is 114 Å². The molecule has 1 aromatic carbocycles. The van der Waals surface area contributed by atoms with Crippen LogP contribution in [-0.4, -0.2) is 27.1 Å². The van der Waals surface area contributed by atoms with Crippen LogP contribution in [0.25, 0.3) is 0 Å². The van der Waals surface area contributed by atoms with E-state index in [9.17, 15) is 9.50 Å². The molecule has 0 bridgehead atoms. The molecule has 5 heteroatoms. The second-order valence-corrected chi connectivity index (χ2v) is 7.23. The average molecular weight is 293 g/mol. The Bertz CT molecular complexity index is 402. The number of hydrogen-bond donors (Lipinski definition) is 1. The number of aliphatic hydroxyl groups is 1. The summed E-state index contributed by atoms with van der Waals surface area (Å²) in [6, 6.07) is 4.45. The zero-order valence-corrected chi connectivity index (χ0v) is 11.8. The summed E-state index contributed by atoms with van der Waals surface area (Å²) in [5, 5.41) is 11.0. The Kier molecular flexibility index (Phi) is 4.64. The molecule has 2 rings (SSSR count). The molecule has 0 spiro atoms. The van der Waals surface area contributed by atoms with Gasteiger partial charge >= 0.3 is 0 Å². The number of thioether (sulfide) groups is 2. The van der Waals surface area contributed by atoms with E-state index in [2.05, 4.69) is 6.92 Å². The second-order valence-electron chi connectivity index (χ2n) is 4.02. The zero-order chi connectivity index (χ0) is 12.4. The van der Waals surface area contributed by atoms with Crippen LogP contribution in [0.4, 0.5) is 4.39 Å². The highest BCUT2D eigenvalue weighted by atomic mass is 35.5. The topological polar surface area (TPSA) is 20.2 Å². The van der Waals surface area contributed by atoms with Gasteiger partial charge in [-0.1, -0.05) is 24.6 Å². The first kappa shape index (κ1) is 13.5. The SMILES string of the molecule is CC1SCCSC1C(O)c1ccc(Cl)cc1F. The Hall–Kier alpha value is 0.1000. The minimum atomic E-state index is -0.764. The Balaban J connectivity index is 2.20. The van der Waals surface area contributed by atoms with E-state index in [-0.39, 0.29) is 5.25 Å². The smallest absolute Gasteiger partial charge is 0.130 e. The van der Waals surface area contributed by atoms with Gasteiger partial charge in [0.15, 0.2) is 0 Å². The van der Waals surface area contributed by atoms with E-state index in [0.717, 1.165) is 11.5 Å². The number of benzene rings is 1. The van der Waals surface area contributed by atoms with E-state index in [1.54, 1.807) is 23.9 Å². The summed E-state index contributed by atoms with van der Waals surface area (Å²) in [5.41, 5.74) is 0.348. The number of hydrogen-bond acceptors (Lipinski definition) is 3. The third kappa shape index (κ3) is 3.11. The second kappa shape index (κ2) is 5.83. The lowest BCUT2D eigenvalue weighted by molar-refractivity contribution is 0.169. The highest BCUT2D eigenvalue weighted by molar-refractivity contribution is 8.07. The van der Waals surface area contributed by atoms with Crippen LogP contribution in [0.1, 0.15) is 18.6 Å². The quantitative estimate of drug-likeness (QED) is 0.896. The van der Waals surface area contributed by atoms with Gasteiger partial charge in [-0.05, 0) is 12.1 Å². The molecule has 0 radical (unpaired) electrons. The summed E-state index contributed by atoms with van der Waals surface area (Å²) in [6.07, 6.45) is -0.764. The molecule has 1 N–H and O–H groups in total. The standard InChI is InChI=1S/C12H14ClFOS2/c1-7-12(17-5-4-16-7)11(15)9-3-2-8(13)6-10(9)14/h2-3,6-7,11-12,15H,4-5H2,1H3. The predicted octanol–water partition coefficient (Wildman–Crippen LogP) is 3.75. The van der Waals surface area contributed by atoms with Gasteiger partial charge in [0, 0.05) is 32.6 Å². The van der Waals surface area contributed by atoms with Gasteiger partial charge in [-0.25, -0.2) is 4.39 Å². The van der Waals surface area contributed by atoms with Crippen LogP contribution in [-0.2, 0) is 0 Å². The van der Waals surface area contributed by atoms with Gasteiger partial charge in [0.05, 0.1) is 6.10 Å². The fraction of sp³-hybridized carbons (Fsp3) is 0.500. The van der Waals surface area contributed by atoms with Crippen molar-refractivity contribution in [2.75, 3.05) is 11.5 Å². The molecule has 0 aliphatic carbocycles. The number of halogens is 2. The molecule has 94 valence electrons. The lowest BCUT2D eigenvalue weighted by Gasteiger charge is -2.31. The monoisotopic (exact) mass is 292 g/mol. The van der Waals surface area contributed by atoms with Crippen molar-refractivity contribution in [2.24, 2.45) is 0 Å². The summed E-state index contributed by atoms with van der Waals surface area (Å²) in [7, 11) is 0. The van der Waals surface area contributed by atoms with Gasteiger partial charge in [0.25, 0.3) is 0 Å². The summed E-state index contributed by atoms with van der Waals surface area (Å²) < 4.78 is 13.7. The van der Waals surface area contributed by atoms with Gasteiger partial charge in [-0.15, -0.1) is 0 Å². The molecule has 1 saturated heterocycles. The van der Waals surface area contributed by atoms with Crippen LogP contribution in [0, 0.1) is 5.82 Å². The van der Waals surface area contributed by atoms with Crippen LogP contribution in [0.15, 0.2) is 18.2 Å². The molecule has 1 aromatic rings. The minimum absolute atomic E-state index is 0.0458. The highest BCUT2D eigenvalue weighted by Gasteiger charge is 2.31. The van der Waals surface area contributed by atoms with Gasteiger partial charge in [0.1, 0.15) is 5.82 Å². The van der Waals surface area contributed by atoms with Crippen LogP contribution in [0.3, 0.4) is 0 Å². The largest absolute Gasteiger partial charge is 0.387 e. The van der Waals surface area contributed by atoms with Crippen molar-refractivity contribution in [3.05, 3.63) is 34.6 Å². The molecule has 0 saturated carbocycles. The van der Waals surface area contributed by atoms with Crippen molar-refractivity contribution in [3.8, 4) is 0 Å². The van der Waals surface area contributed by atoms with E-state index in [1.165, 1.54) is 6.07 Å². The summed E-state index contributed by atoms with van der Waals surface area (Å²) in [6.45, 7) is 2.08. The molecule has 1 heterocycles. The fourth-order valence-corrected chi connectivity index (χ4v) is 4.90. The predicted molar refractivity (Wildman–Crippen MR) is 74.5 cm³/mol. The molecule has 0 amide bonds. The molecule has 1 nitrogen and oxygen atoms in total. The average Bonchev–Trinajstić information content (AvgIpc) is 2.29. The molecular formula is C12H14ClFOS2. The first-order chi connectivity index (χ1) is 8.09. The van der Waals surface area contributed by atoms with E-state index >= 15 is 0 Å². The van der Waals surface area contributed by atoms with Crippen LogP contribution in [0.5, 0.6) is 0 Å². The normalized spacial score (nSPS) is 26.8. The Morgan fingerprint density at radius 1 is 1.41 bits per heavy atom. The molecular weight excluding hydrogens is 279 g/mol. The van der Waals surface area contributed by atoms with Gasteiger partial charge in [-0.3, -0.25) is 0 Å². The minimum Gasteiger partial charge on any atom is -0.387 e. The van der Waals surface area contributed by atoms with E-state index in [4.69, 9.17) is 11.6 Å². The lowest BCUT2D eigenvalue weighted by Crippen LogP contribution is -2.29. The highest BCUT2D eigenvalue weighted by Crippen LogP contribution is 2.39. The Morgan fingerprint density at radius 3 is 2.76 bits per heavy atom. The van der Waals surface area contributed by atoms with Gasteiger partial charge in [0.2, 0.25) is 0 Å². The first-order valence-corrected chi connectivity index (χ1v) is 7.93. The fourth-order valence-electron chi connectivity index (χ4n) is 1.91. The maximum atomic E-state index is 13.7. The lowest BCUT2D eigenvalue weighted by atomic mass is 10.0. The molecule has 1 fully saturated rings. The van der Waals surface area contributed by atoms with Crippen LogP contribution in [0.2, 0.25) is 5.02 Å². The molecule has 3 unspecified atom stereocenters. The van der Waals surface area contributed by atoms with Crippen molar-refractivity contribution < 1.29 is 9.50 Å². The third-order valence-corrected chi connectivity index (χ3v) is 6.24. The van der Waals surface area contributed by atoms with Crippen molar-refractivity contribution in [2.45, 2.75) is 23.5 Å². The van der Waals surface area contributed by atoms with Crippen molar-refractivity contribution >= 4 is 35.1 Å². The van der Waals surface area contributed by atoms with E-state index < -0.39 is 11.9 Å². The van der Waals surface area contributed by atoms with Gasteiger partial charge < -0.3 is 5.11 Å². The zero-order valence-electron chi connectivity index (χ0n) is 9.40. The Morgan fingerprint density at radius 2 is 2.12 bits per heavy atom. The molecule has 3 atom stereocenters. The summed E-state index contributed by atoms with van der Waals surface area (Å²) in [5.74, 6) is 1.68. The maximum Gasteiger partial charge on any atom is 0.130 e. The summed E-state index contributed by atoms with van der Waals surface area (Å²) >= 11 is 9.25. The molecule has 1 aliphatic heterocycles. The third-order valence-electron chi connectivity index (χ3n) is 2.83. The van der Waals surface area contributed by atoms with Crippen LogP contribution < -0.4 is 0 Å². The van der Waals surface area contributed by atoms with Crippen molar-refractivity contribution in [1.82, 2.24) is 0 Å². The van der Waals surface area contributed by atoms with E-state index in [0.29, 0.717) is 15.8 Å². The van der Waals surface area contributed by atoms with Crippen molar-refractivity contribution in [3.63, 3.8) is 0 Å². The van der Waals surface area contributed by atoms with Crippen LogP contribution >= 0.6 is 35.1 Å². The number of rotatable bonds is 2.